The summed E-state index contributed by atoms with van der Waals surface area (Å²) in [6.07, 6.45) is 1.13. The van der Waals surface area contributed by atoms with Gasteiger partial charge in [-0.2, -0.15) is 0 Å². The summed E-state index contributed by atoms with van der Waals surface area (Å²) in [5.41, 5.74) is 1.59. The number of anilines is 1. The zero-order valence-electron chi connectivity index (χ0n) is 11.0. The summed E-state index contributed by atoms with van der Waals surface area (Å²) < 4.78 is 5.28. The molecule has 0 aliphatic heterocycles. The van der Waals surface area contributed by atoms with Crippen molar-refractivity contribution in [2.45, 2.75) is 13.0 Å². The number of hydrogen-bond acceptors (Lipinski definition) is 4. The highest BCUT2D eigenvalue weighted by molar-refractivity contribution is 5.60. The topological polar surface area (TPSA) is 52.9 Å². The number of ether oxygens (including phenoxy) is 1. The number of benzene rings is 1. The molecule has 1 aromatic carbocycles. The lowest BCUT2D eigenvalue weighted by molar-refractivity contribution is 0.194. The Morgan fingerprint density at radius 1 is 1.50 bits per heavy atom. The number of hydrogen-bond donors (Lipinski definition) is 2. The molecule has 0 aliphatic carbocycles. The molecule has 4 nitrogen and oxygen atoms in total. The molecule has 2 N–H and O–H groups in total. The van der Waals surface area contributed by atoms with Gasteiger partial charge in [-0.1, -0.05) is 12.1 Å². The first kappa shape index (κ1) is 14.5. The van der Waals surface area contributed by atoms with Crippen LogP contribution in [0, 0.1) is 0 Å². The van der Waals surface area contributed by atoms with E-state index in [1.54, 1.807) is 20.1 Å². The lowest BCUT2D eigenvalue weighted by Gasteiger charge is -2.27. The van der Waals surface area contributed by atoms with Gasteiger partial charge in [-0.3, -0.25) is 0 Å². The van der Waals surface area contributed by atoms with E-state index in [-0.39, 0.29) is 6.61 Å². The first-order valence-corrected chi connectivity index (χ1v) is 5.97. The van der Waals surface area contributed by atoms with Crippen molar-refractivity contribution in [3.05, 3.63) is 36.4 Å². The van der Waals surface area contributed by atoms with Gasteiger partial charge in [0.15, 0.2) is 0 Å². The van der Waals surface area contributed by atoms with Gasteiger partial charge < -0.3 is 19.8 Å². The molecule has 0 bridgehead atoms. The van der Waals surface area contributed by atoms with Crippen LogP contribution in [0.5, 0.6) is 5.75 Å². The fraction of sp³-hybridized carbons (Fsp3) is 0.429. The summed E-state index contributed by atoms with van der Waals surface area (Å²) in [5.74, 6) is 0.648. The highest BCUT2D eigenvalue weighted by Gasteiger charge is 2.17. The maximum atomic E-state index is 9.91. The molecule has 4 heteroatoms. The Bertz CT molecular complexity index is 391. The van der Waals surface area contributed by atoms with Crippen LogP contribution in [0.3, 0.4) is 0 Å². The molecule has 1 rings (SSSR count). The van der Waals surface area contributed by atoms with E-state index in [1.807, 2.05) is 23.1 Å². The maximum absolute atomic E-state index is 9.91. The Morgan fingerprint density at radius 3 is 2.72 bits per heavy atom. The van der Waals surface area contributed by atoms with Crippen molar-refractivity contribution in [2.75, 3.05) is 31.7 Å². The molecule has 0 amide bonds. The van der Waals surface area contributed by atoms with Crippen LogP contribution in [0.2, 0.25) is 0 Å². The Hall–Kier alpha value is -1.52. The summed E-state index contributed by atoms with van der Waals surface area (Å²) in [6.45, 7) is 6.54. The van der Waals surface area contributed by atoms with E-state index in [4.69, 9.17) is 9.84 Å². The molecule has 0 radical (unpaired) electrons. The van der Waals surface area contributed by atoms with Gasteiger partial charge in [-0.15, -0.1) is 6.58 Å². The van der Waals surface area contributed by atoms with Crippen molar-refractivity contribution in [3.8, 4) is 5.75 Å². The van der Waals surface area contributed by atoms with Crippen molar-refractivity contribution in [1.82, 2.24) is 0 Å². The maximum Gasteiger partial charge on any atom is 0.126 e. The average molecular weight is 251 g/mol. The molecule has 0 aromatic heterocycles. The van der Waals surface area contributed by atoms with Crippen LogP contribution in [0.25, 0.3) is 0 Å². The molecule has 1 atom stereocenters. The van der Waals surface area contributed by atoms with Crippen LogP contribution >= 0.6 is 0 Å². The van der Waals surface area contributed by atoms with Gasteiger partial charge in [0.2, 0.25) is 0 Å². The molecule has 100 valence electrons. The first-order chi connectivity index (χ1) is 8.65. The third-order valence-electron chi connectivity index (χ3n) is 2.74. The fourth-order valence-electron chi connectivity index (χ4n) is 1.99. The Balaban J connectivity index is 3.22. The number of methoxy groups -OCH3 is 1. The van der Waals surface area contributed by atoms with Crippen LogP contribution in [-0.2, 0) is 0 Å². The van der Waals surface area contributed by atoms with Gasteiger partial charge in [0.25, 0.3) is 0 Å². The van der Waals surface area contributed by atoms with E-state index >= 15 is 0 Å². The average Bonchev–Trinajstić information content (AvgIpc) is 2.37. The molecule has 0 saturated carbocycles. The fourth-order valence-corrected chi connectivity index (χ4v) is 1.99. The minimum absolute atomic E-state index is 0.0459. The van der Waals surface area contributed by atoms with Crippen LogP contribution < -0.4 is 9.64 Å². The standard InChI is InChI=1S/C14H21NO3/c1-4-8-15(9-10-16)12-6-5-7-13(18-3)14(12)11(2)17/h4-7,11,16-17H,1,8-10H2,2-3H3/t11-/m0/s1. The number of nitrogens with zero attached hydrogens (tertiary/aromatic N) is 1. The van der Waals surface area contributed by atoms with Gasteiger partial charge in [0.1, 0.15) is 5.75 Å². The lowest BCUT2D eigenvalue weighted by Crippen LogP contribution is -2.28. The molecule has 0 aliphatic rings. The predicted octanol–water partition coefficient (Wildman–Crippen LogP) is 1.73. The summed E-state index contributed by atoms with van der Waals surface area (Å²) >= 11 is 0. The van der Waals surface area contributed by atoms with E-state index in [1.165, 1.54) is 0 Å². The second-order valence-electron chi connectivity index (χ2n) is 4.03. The van der Waals surface area contributed by atoms with Gasteiger partial charge in [-0.25, -0.2) is 0 Å². The summed E-state index contributed by atoms with van der Waals surface area (Å²) in [7, 11) is 1.58. The molecular formula is C14H21NO3. The van der Waals surface area contributed by atoms with Crippen LogP contribution in [0.15, 0.2) is 30.9 Å². The molecular weight excluding hydrogens is 230 g/mol. The molecule has 0 saturated heterocycles. The van der Waals surface area contributed by atoms with Gasteiger partial charge in [0, 0.05) is 24.3 Å². The Kier molecular flexibility index (Phi) is 5.68. The summed E-state index contributed by atoms with van der Waals surface area (Å²) in [6, 6.07) is 5.59. The smallest absolute Gasteiger partial charge is 0.126 e. The van der Waals surface area contributed by atoms with E-state index in [9.17, 15) is 5.11 Å². The van der Waals surface area contributed by atoms with Crippen LogP contribution in [0.1, 0.15) is 18.6 Å². The first-order valence-electron chi connectivity index (χ1n) is 5.97. The van der Waals surface area contributed by atoms with E-state index in [0.29, 0.717) is 18.8 Å². The minimum Gasteiger partial charge on any atom is -0.496 e. The monoisotopic (exact) mass is 251 g/mol. The molecule has 18 heavy (non-hydrogen) atoms. The van der Waals surface area contributed by atoms with Gasteiger partial charge in [-0.05, 0) is 19.1 Å². The third kappa shape index (κ3) is 3.24. The van der Waals surface area contributed by atoms with Crippen molar-refractivity contribution < 1.29 is 14.9 Å². The molecule has 0 unspecified atom stereocenters. The van der Waals surface area contributed by atoms with E-state index in [2.05, 4.69) is 6.58 Å². The SMILES string of the molecule is C=CCN(CCO)c1cccc(OC)c1[C@H](C)O. The van der Waals surface area contributed by atoms with Gasteiger partial charge in [0.05, 0.1) is 19.8 Å². The zero-order chi connectivity index (χ0) is 13.5. The third-order valence-corrected chi connectivity index (χ3v) is 2.74. The molecule has 0 heterocycles. The highest BCUT2D eigenvalue weighted by atomic mass is 16.5. The zero-order valence-corrected chi connectivity index (χ0v) is 11.0. The Labute approximate surface area is 108 Å². The molecule has 0 spiro atoms. The second kappa shape index (κ2) is 7.03. The predicted molar refractivity (Wildman–Crippen MR) is 73.1 cm³/mol. The Morgan fingerprint density at radius 2 is 2.22 bits per heavy atom. The summed E-state index contributed by atoms with van der Waals surface area (Å²) in [4.78, 5) is 1.96. The van der Waals surface area contributed by atoms with Crippen molar-refractivity contribution >= 4 is 5.69 Å². The summed E-state index contributed by atoms with van der Waals surface area (Å²) in [5, 5.41) is 19.0. The number of aliphatic hydroxyl groups excluding tert-OH is 2. The van der Waals surface area contributed by atoms with Crippen LogP contribution in [-0.4, -0.2) is 37.0 Å². The highest BCUT2D eigenvalue weighted by Crippen LogP contribution is 2.34. The molecule has 0 fully saturated rings. The van der Waals surface area contributed by atoms with Crippen molar-refractivity contribution in [2.24, 2.45) is 0 Å². The van der Waals surface area contributed by atoms with Crippen molar-refractivity contribution in [1.29, 1.82) is 0 Å². The number of aliphatic hydroxyl groups is 2. The van der Waals surface area contributed by atoms with E-state index in [0.717, 1.165) is 11.3 Å². The van der Waals surface area contributed by atoms with Crippen molar-refractivity contribution in [3.63, 3.8) is 0 Å². The normalized spacial score (nSPS) is 12.0. The molecule has 1 aromatic rings. The second-order valence-corrected chi connectivity index (χ2v) is 4.03. The van der Waals surface area contributed by atoms with Gasteiger partial charge >= 0.3 is 0 Å². The minimum atomic E-state index is -0.637. The lowest BCUT2D eigenvalue weighted by atomic mass is 10.1. The van der Waals surface area contributed by atoms with E-state index < -0.39 is 6.10 Å². The van der Waals surface area contributed by atoms with Crippen LogP contribution in [0.4, 0.5) is 5.69 Å². The number of rotatable bonds is 7. The quantitative estimate of drug-likeness (QED) is 0.725. The largest absolute Gasteiger partial charge is 0.496 e.